The topological polar surface area (TPSA) is 147 Å². The second-order valence-electron chi connectivity index (χ2n) is 8.20. The third-order valence-electron chi connectivity index (χ3n) is 6.17. The van der Waals surface area contributed by atoms with Gasteiger partial charge in [0, 0.05) is 37.7 Å². The number of hydrogen-bond donors (Lipinski definition) is 3. The Labute approximate surface area is 192 Å². The van der Waals surface area contributed by atoms with Gasteiger partial charge in [-0.2, -0.15) is 0 Å². The minimum Gasteiger partial charge on any atom is -0.578 e. The van der Waals surface area contributed by atoms with E-state index in [4.69, 9.17) is 21.4 Å². The highest BCUT2D eigenvalue weighted by Crippen LogP contribution is 2.45. The van der Waals surface area contributed by atoms with Crippen LogP contribution in [-0.4, -0.2) is 57.1 Å². The molecule has 1 fully saturated rings. The first-order chi connectivity index (χ1) is 15.9. The van der Waals surface area contributed by atoms with Gasteiger partial charge in [0.05, 0.1) is 17.6 Å². The van der Waals surface area contributed by atoms with Gasteiger partial charge >= 0.3 is 5.90 Å². The highest BCUT2D eigenvalue weighted by Gasteiger charge is 2.43. The SMILES string of the molecule is CN(CCO)c1cc(C([OH2+])=NC(=N)C2(c3ccc(-c4cnc(N)nc4)cc3)CCC2)ccn1. The number of aliphatic hydroxyl groups excluding tert-OH is 1. The Morgan fingerprint density at radius 2 is 1.85 bits per heavy atom. The van der Waals surface area contributed by atoms with Gasteiger partial charge in [-0.1, -0.05) is 30.7 Å². The molecule has 0 aliphatic heterocycles. The molecule has 0 atom stereocenters. The molecule has 9 nitrogen and oxygen atoms in total. The van der Waals surface area contributed by atoms with Crippen molar-refractivity contribution in [3.63, 3.8) is 0 Å². The van der Waals surface area contributed by atoms with Gasteiger partial charge < -0.3 is 20.8 Å². The molecule has 6 N–H and O–H groups in total. The van der Waals surface area contributed by atoms with Gasteiger partial charge in [-0.25, -0.2) is 15.0 Å². The lowest BCUT2D eigenvalue weighted by Gasteiger charge is -2.41. The first kappa shape index (κ1) is 22.3. The number of nitrogens with two attached hydrogens (primary N) is 1. The molecule has 0 radical (unpaired) electrons. The maximum Gasteiger partial charge on any atom is 0.366 e. The zero-order valence-corrected chi connectivity index (χ0v) is 18.5. The smallest absolute Gasteiger partial charge is 0.366 e. The molecule has 2 heterocycles. The monoisotopic (exact) mass is 446 g/mol. The summed E-state index contributed by atoms with van der Waals surface area (Å²) >= 11 is 0. The molecule has 1 aliphatic rings. The van der Waals surface area contributed by atoms with Crippen molar-refractivity contribution in [2.75, 3.05) is 30.8 Å². The predicted octanol–water partition coefficient (Wildman–Crippen LogP) is 2.12. The molecule has 9 heteroatoms. The first-order valence-corrected chi connectivity index (χ1v) is 10.8. The number of aliphatic hydroxyl groups is 1. The average Bonchev–Trinajstić information content (AvgIpc) is 2.79. The van der Waals surface area contributed by atoms with E-state index < -0.39 is 5.41 Å². The highest BCUT2D eigenvalue weighted by atomic mass is 16.3. The van der Waals surface area contributed by atoms with Crippen LogP contribution in [0, 0.1) is 5.41 Å². The van der Waals surface area contributed by atoms with E-state index in [1.807, 2.05) is 36.2 Å². The van der Waals surface area contributed by atoms with Crippen LogP contribution in [0.25, 0.3) is 11.1 Å². The van der Waals surface area contributed by atoms with Crippen molar-refractivity contribution >= 4 is 23.5 Å². The summed E-state index contributed by atoms with van der Waals surface area (Å²) < 4.78 is 0. The van der Waals surface area contributed by atoms with E-state index in [0.29, 0.717) is 17.9 Å². The van der Waals surface area contributed by atoms with E-state index in [1.165, 1.54) is 0 Å². The van der Waals surface area contributed by atoms with Crippen molar-refractivity contribution in [3.8, 4) is 11.1 Å². The van der Waals surface area contributed by atoms with E-state index in [2.05, 4.69) is 19.9 Å². The largest absolute Gasteiger partial charge is 0.578 e. The van der Waals surface area contributed by atoms with Crippen LogP contribution in [0.4, 0.5) is 11.8 Å². The number of amidine groups is 1. The Morgan fingerprint density at radius 3 is 2.45 bits per heavy atom. The summed E-state index contributed by atoms with van der Waals surface area (Å²) in [6.45, 7) is 0.458. The normalized spacial score (nSPS) is 15.0. The van der Waals surface area contributed by atoms with Gasteiger partial charge in [0.2, 0.25) is 5.95 Å². The fraction of sp³-hybridized carbons (Fsp3) is 0.292. The molecule has 4 rings (SSSR count). The quantitative estimate of drug-likeness (QED) is 0.288. The number of aliphatic imine (C=N–C) groups is 1. The zero-order valence-electron chi connectivity index (χ0n) is 18.5. The summed E-state index contributed by atoms with van der Waals surface area (Å²) in [6, 6.07) is 11.5. The molecule has 0 spiro atoms. The molecule has 2 aromatic heterocycles. The molecule has 0 bridgehead atoms. The molecule has 0 saturated heterocycles. The van der Waals surface area contributed by atoms with Crippen molar-refractivity contribution in [1.82, 2.24) is 15.0 Å². The van der Waals surface area contributed by atoms with Crippen molar-refractivity contribution in [1.29, 1.82) is 5.41 Å². The molecular weight excluding hydrogens is 418 g/mol. The standard InChI is InChI=1S/C24H27N7O2/c1-31(11-12-32)20-13-17(7-10-27-20)21(33)30-22(25)24(8-2-9-24)19-5-3-16(4-6-19)18-14-28-23(26)29-15-18/h3-7,10,13-15,32H,2,8-9,11-12H2,1H3,(H2,25,30,33)(H2,26,28,29)/p+1. The minimum absolute atomic E-state index is 0.0154. The third-order valence-corrected chi connectivity index (χ3v) is 6.17. The lowest BCUT2D eigenvalue weighted by atomic mass is 9.63. The second kappa shape index (κ2) is 9.33. The fourth-order valence-electron chi connectivity index (χ4n) is 3.98. The molecule has 3 aromatic rings. The number of hydrogen-bond acceptors (Lipinski definition) is 7. The number of nitrogen functional groups attached to an aromatic ring is 1. The van der Waals surface area contributed by atoms with E-state index >= 15 is 0 Å². The number of nitrogens with one attached hydrogen (secondary N) is 1. The maximum absolute atomic E-state index is 9.15. The zero-order chi connectivity index (χ0) is 23.4. The van der Waals surface area contributed by atoms with E-state index in [9.17, 15) is 0 Å². The molecular formula is C24H28N7O2+. The van der Waals surface area contributed by atoms with Crippen molar-refractivity contribution < 1.29 is 10.2 Å². The van der Waals surface area contributed by atoms with Gasteiger partial charge in [0.1, 0.15) is 11.7 Å². The van der Waals surface area contributed by atoms with Crippen LogP contribution < -0.4 is 10.6 Å². The molecule has 170 valence electrons. The summed E-state index contributed by atoms with van der Waals surface area (Å²) in [7, 11) is 1.83. The van der Waals surface area contributed by atoms with Crippen LogP contribution in [0.3, 0.4) is 0 Å². The van der Waals surface area contributed by atoms with E-state index in [0.717, 1.165) is 36.0 Å². The summed E-state index contributed by atoms with van der Waals surface area (Å²) in [4.78, 5) is 18.6. The number of nitrogens with zero attached hydrogens (tertiary/aromatic N) is 5. The third kappa shape index (κ3) is 4.54. The van der Waals surface area contributed by atoms with Gasteiger partial charge in [-0.05, 0) is 36.1 Å². The van der Waals surface area contributed by atoms with Crippen molar-refractivity contribution in [2.24, 2.45) is 4.99 Å². The molecule has 0 amide bonds. The molecule has 1 aromatic carbocycles. The summed E-state index contributed by atoms with van der Waals surface area (Å²) in [5.41, 5.74) is 8.55. The van der Waals surface area contributed by atoms with Crippen LogP contribution in [0.5, 0.6) is 0 Å². The van der Waals surface area contributed by atoms with Crippen LogP contribution in [0.1, 0.15) is 30.4 Å². The first-order valence-electron chi connectivity index (χ1n) is 10.8. The molecule has 0 unspecified atom stereocenters. The number of likely N-dealkylation sites (N-methyl/N-ethyl adjacent to an activating group) is 1. The van der Waals surface area contributed by atoms with E-state index in [-0.39, 0.29) is 24.3 Å². The Balaban J connectivity index is 1.57. The van der Waals surface area contributed by atoms with Crippen LogP contribution in [-0.2, 0) is 5.41 Å². The maximum atomic E-state index is 9.15. The molecule has 1 saturated carbocycles. The van der Waals surface area contributed by atoms with Crippen LogP contribution >= 0.6 is 0 Å². The highest BCUT2D eigenvalue weighted by molar-refractivity contribution is 6.05. The number of rotatable bonds is 7. The van der Waals surface area contributed by atoms with Gasteiger partial charge in [0.15, 0.2) is 0 Å². The second-order valence-corrected chi connectivity index (χ2v) is 8.20. The van der Waals surface area contributed by atoms with Crippen molar-refractivity contribution in [2.45, 2.75) is 24.7 Å². The Bertz CT molecular complexity index is 1160. The lowest BCUT2D eigenvalue weighted by molar-refractivity contribution is 0.304. The van der Waals surface area contributed by atoms with E-state index in [1.54, 1.807) is 30.7 Å². The number of aromatic nitrogens is 3. The Morgan fingerprint density at radius 1 is 1.15 bits per heavy atom. The van der Waals surface area contributed by atoms with Gasteiger partial charge in [0.25, 0.3) is 0 Å². The van der Waals surface area contributed by atoms with Crippen LogP contribution in [0.15, 0.2) is 60.0 Å². The number of pyridine rings is 1. The van der Waals surface area contributed by atoms with Crippen molar-refractivity contribution in [3.05, 3.63) is 66.1 Å². The average molecular weight is 447 g/mol. The summed E-state index contributed by atoms with van der Waals surface area (Å²) in [5.74, 6) is 1.11. The lowest BCUT2D eigenvalue weighted by Crippen LogP contribution is -2.41. The Hall–Kier alpha value is -3.85. The summed E-state index contributed by atoms with van der Waals surface area (Å²) in [6.07, 6.45) is 7.67. The summed E-state index contributed by atoms with van der Waals surface area (Å²) in [5, 5.41) is 26.4. The number of anilines is 2. The predicted molar refractivity (Wildman–Crippen MR) is 130 cm³/mol. The molecule has 33 heavy (non-hydrogen) atoms. The fourth-order valence-corrected chi connectivity index (χ4v) is 3.98. The Kier molecular flexibility index (Phi) is 6.32. The molecule has 1 aliphatic carbocycles. The minimum atomic E-state index is -0.480. The van der Waals surface area contributed by atoms with Crippen LogP contribution in [0.2, 0.25) is 0 Å². The van der Waals surface area contributed by atoms with Gasteiger partial charge in [-0.3, -0.25) is 5.41 Å². The van der Waals surface area contributed by atoms with Gasteiger partial charge in [-0.15, -0.1) is 4.99 Å². The number of benzene rings is 1.